The van der Waals surface area contributed by atoms with E-state index in [1.807, 2.05) is 12.1 Å². The van der Waals surface area contributed by atoms with E-state index in [1.165, 1.54) is 31.2 Å². The maximum atomic E-state index is 13.3. The van der Waals surface area contributed by atoms with Crippen LogP contribution >= 0.6 is 11.3 Å². The maximum Gasteiger partial charge on any atom is 0.458 e. The van der Waals surface area contributed by atoms with Gasteiger partial charge in [-0.25, -0.2) is 0 Å². The number of phenolic OH excluding ortho intramolecular Hbond substituents is 1. The Morgan fingerprint density at radius 1 is 0.816 bits per heavy atom. The van der Waals surface area contributed by atoms with Gasteiger partial charge in [0.2, 0.25) is 5.91 Å². The lowest BCUT2D eigenvalue weighted by atomic mass is 10.1. The molecule has 1 aromatic heterocycles. The lowest BCUT2D eigenvalue weighted by Crippen LogP contribution is -2.45. The van der Waals surface area contributed by atoms with E-state index in [1.54, 1.807) is 6.07 Å². The van der Waals surface area contributed by atoms with Crippen LogP contribution in [0.25, 0.3) is 10.2 Å². The van der Waals surface area contributed by atoms with Crippen LogP contribution in [0.15, 0.2) is 47.3 Å². The molecule has 1 aliphatic carbocycles. The number of halogens is 6. The third kappa shape index (κ3) is 12.9. The topological polar surface area (TPSA) is 132 Å². The molecule has 0 bridgehead atoms. The monoisotopic (exact) mass is 718 g/mol. The number of fused-ring (bicyclic) bond motifs is 1. The van der Waals surface area contributed by atoms with Gasteiger partial charge in [0, 0.05) is 32.1 Å². The van der Waals surface area contributed by atoms with Gasteiger partial charge in [0.15, 0.2) is 0 Å². The minimum absolute atomic E-state index is 0.108. The van der Waals surface area contributed by atoms with Crippen molar-refractivity contribution in [2.45, 2.75) is 76.2 Å². The standard InChI is InChI=1S/C29H40N4O3S.C4F6O2/c34-25-13-12-23(28-27(25)32-29(36)37-28)15-18-31-20-21-33(24-10-6-1-2-7-11-24)26(35)16-19-30-17-14-22-8-4-3-5-9-22;5-3(6,7)1(11)2(12)4(8,9)10/h3-5,8-9,12-13,24,30-31,34H,1-2,6-7,10-11,14-21H2,(H,32,36);. The van der Waals surface area contributed by atoms with Crippen LogP contribution in [0.5, 0.6) is 5.75 Å². The molecular formula is C33H40F6N4O5S. The summed E-state index contributed by atoms with van der Waals surface area (Å²) in [6.45, 7) is 3.80. The van der Waals surface area contributed by atoms with Gasteiger partial charge < -0.3 is 25.6 Å². The van der Waals surface area contributed by atoms with Gasteiger partial charge >= 0.3 is 28.8 Å². The molecule has 0 radical (unpaired) electrons. The molecule has 3 aromatic rings. The van der Waals surface area contributed by atoms with Gasteiger partial charge in [-0.3, -0.25) is 19.2 Å². The summed E-state index contributed by atoms with van der Waals surface area (Å²) < 4.78 is 67.8. The minimum atomic E-state index is -5.77. The molecule has 1 heterocycles. The molecule has 4 N–H and O–H groups in total. The lowest BCUT2D eigenvalue weighted by Gasteiger charge is -2.32. The Labute approximate surface area is 283 Å². The first kappa shape index (κ1) is 39.7. The average molecular weight is 719 g/mol. The number of carbonyl (C=O) groups is 3. The summed E-state index contributed by atoms with van der Waals surface area (Å²) in [4.78, 5) is 48.9. The number of phenols is 1. The SMILES string of the molecule is O=C(C(=O)C(F)(F)F)C(F)(F)F.O=C(CCNCCc1ccccc1)N(CCNCCc1ccc(O)c2[nH]c(=O)sc12)C1CCCCCC1. The molecule has 2 aromatic carbocycles. The first-order valence-corrected chi connectivity index (χ1v) is 16.8. The van der Waals surface area contributed by atoms with Crippen LogP contribution in [0.2, 0.25) is 0 Å². The van der Waals surface area contributed by atoms with Crippen molar-refractivity contribution in [1.82, 2.24) is 20.5 Å². The van der Waals surface area contributed by atoms with Crippen molar-refractivity contribution >= 4 is 39.0 Å². The normalized spacial score (nSPS) is 14.2. The van der Waals surface area contributed by atoms with E-state index in [-0.39, 0.29) is 16.5 Å². The third-order valence-electron chi connectivity index (χ3n) is 8.00. The lowest BCUT2D eigenvalue weighted by molar-refractivity contribution is -0.193. The molecule has 1 amide bonds. The molecule has 0 saturated heterocycles. The van der Waals surface area contributed by atoms with Crippen molar-refractivity contribution in [3.05, 3.63) is 63.3 Å². The number of nitrogens with one attached hydrogen (secondary N) is 3. The third-order valence-corrected chi connectivity index (χ3v) is 8.95. The number of hydrogen-bond acceptors (Lipinski definition) is 8. The van der Waals surface area contributed by atoms with Crippen LogP contribution in [0.3, 0.4) is 0 Å². The van der Waals surface area contributed by atoms with Crippen molar-refractivity contribution < 1.29 is 45.8 Å². The number of aromatic amines is 1. The Hall–Kier alpha value is -3.76. The number of aromatic nitrogens is 1. The molecule has 1 fully saturated rings. The number of amides is 1. The number of rotatable bonds is 14. The van der Waals surface area contributed by atoms with Gasteiger partial charge in [-0.2, -0.15) is 26.3 Å². The zero-order chi connectivity index (χ0) is 36.0. The van der Waals surface area contributed by atoms with Gasteiger partial charge in [-0.05, 0) is 56.0 Å². The smallest absolute Gasteiger partial charge is 0.458 e. The Balaban J connectivity index is 0.000000463. The van der Waals surface area contributed by atoms with Gasteiger partial charge in [-0.15, -0.1) is 0 Å². The molecule has 1 aliphatic rings. The Kier molecular flexibility index (Phi) is 15.3. The largest absolute Gasteiger partial charge is 0.506 e. The number of thiazole rings is 1. The van der Waals surface area contributed by atoms with Crippen LogP contribution < -0.4 is 15.5 Å². The number of aromatic hydroxyl groups is 1. The highest BCUT2D eigenvalue weighted by Crippen LogP contribution is 2.28. The Morgan fingerprint density at radius 3 is 2.02 bits per heavy atom. The summed E-state index contributed by atoms with van der Waals surface area (Å²) in [5.74, 6) is -6.46. The van der Waals surface area contributed by atoms with Crippen LogP contribution in [0.4, 0.5) is 26.3 Å². The van der Waals surface area contributed by atoms with Crippen molar-refractivity contribution in [3.8, 4) is 5.75 Å². The van der Waals surface area contributed by atoms with E-state index >= 15 is 0 Å². The summed E-state index contributed by atoms with van der Waals surface area (Å²) in [5.41, 5.74) is 2.88. The predicted molar refractivity (Wildman–Crippen MR) is 174 cm³/mol. The molecule has 49 heavy (non-hydrogen) atoms. The summed E-state index contributed by atoms with van der Waals surface area (Å²) in [5, 5.41) is 16.9. The molecule has 0 aliphatic heterocycles. The van der Waals surface area contributed by atoms with Crippen molar-refractivity contribution in [2.24, 2.45) is 0 Å². The second-order valence-electron chi connectivity index (χ2n) is 11.6. The first-order chi connectivity index (χ1) is 23.2. The highest BCUT2D eigenvalue weighted by Gasteiger charge is 2.54. The van der Waals surface area contributed by atoms with Crippen LogP contribution in [-0.4, -0.2) is 83.6 Å². The molecule has 0 spiro atoms. The zero-order valence-corrected chi connectivity index (χ0v) is 27.5. The summed E-state index contributed by atoms with van der Waals surface area (Å²) >= 11 is 1.14. The molecule has 9 nitrogen and oxygen atoms in total. The van der Waals surface area contributed by atoms with E-state index in [2.05, 4.69) is 44.8 Å². The number of benzene rings is 2. The van der Waals surface area contributed by atoms with Gasteiger partial charge in [0.25, 0.3) is 0 Å². The molecule has 270 valence electrons. The minimum Gasteiger partial charge on any atom is -0.506 e. The number of Topliss-reactive ketones (excluding diaryl/α,β-unsaturated/α-hetero) is 2. The highest BCUT2D eigenvalue weighted by atomic mass is 32.1. The van der Waals surface area contributed by atoms with Gasteiger partial charge in [0.1, 0.15) is 11.3 Å². The van der Waals surface area contributed by atoms with E-state index in [0.29, 0.717) is 24.5 Å². The van der Waals surface area contributed by atoms with Crippen molar-refractivity contribution in [1.29, 1.82) is 0 Å². The van der Waals surface area contributed by atoms with E-state index in [0.717, 1.165) is 73.5 Å². The Morgan fingerprint density at radius 2 is 1.41 bits per heavy atom. The van der Waals surface area contributed by atoms with E-state index in [4.69, 9.17) is 0 Å². The van der Waals surface area contributed by atoms with E-state index in [9.17, 15) is 50.6 Å². The number of ketones is 2. The molecule has 4 rings (SSSR count). The fraction of sp³-hybridized carbons (Fsp3) is 0.515. The Bertz CT molecular complexity index is 1540. The number of alkyl halides is 6. The number of H-pyrrole nitrogens is 1. The maximum absolute atomic E-state index is 13.3. The van der Waals surface area contributed by atoms with E-state index < -0.39 is 23.9 Å². The molecule has 0 atom stereocenters. The van der Waals surface area contributed by atoms with Crippen LogP contribution in [0.1, 0.15) is 56.1 Å². The second-order valence-corrected chi connectivity index (χ2v) is 12.6. The molecular weight excluding hydrogens is 678 g/mol. The number of nitrogens with zero attached hydrogens (tertiary/aromatic N) is 1. The van der Waals surface area contributed by atoms with Crippen LogP contribution in [0, 0.1) is 0 Å². The quantitative estimate of drug-likeness (QED) is 0.0755. The van der Waals surface area contributed by atoms with Crippen molar-refractivity contribution in [3.63, 3.8) is 0 Å². The van der Waals surface area contributed by atoms with Gasteiger partial charge in [-0.1, -0.05) is 73.4 Å². The second kappa shape index (κ2) is 18.9. The predicted octanol–water partition coefficient (Wildman–Crippen LogP) is 5.45. The average Bonchev–Trinajstić information content (AvgIpc) is 3.26. The fourth-order valence-electron chi connectivity index (χ4n) is 5.50. The number of carbonyl (C=O) groups excluding carboxylic acids is 3. The molecule has 1 saturated carbocycles. The van der Waals surface area contributed by atoms with Crippen molar-refractivity contribution in [2.75, 3.05) is 32.7 Å². The summed E-state index contributed by atoms with van der Waals surface area (Å²) in [7, 11) is 0. The summed E-state index contributed by atoms with van der Waals surface area (Å²) in [6.07, 6.45) is -2.14. The summed E-state index contributed by atoms with van der Waals surface area (Å²) in [6, 6.07) is 14.3. The molecule has 16 heteroatoms. The fourth-order valence-corrected chi connectivity index (χ4v) is 6.39. The van der Waals surface area contributed by atoms with Gasteiger partial charge in [0.05, 0.1) is 4.70 Å². The molecule has 0 unspecified atom stereocenters. The highest BCUT2D eigenvalue weighted by molar-refractivity contribution is 7.16. The first-order valence-electron chi connectivity index (χ1n) is 16.0. The number of hydrogen-bond donors (Lipinski definition) is 4. The van der Waals surface area contributed by atoms with Crippen LogP contribution in [-0.2, 0) is 27.2 Å². The zero-order valence-electron chi connectivity index (χ0n) is 26.7.